The van der Waals surface area contributed by atoms with Crippen molar-refractivity contribution in [3.8, 4) is 0 Å². The van der Waals surface area contributed by atoms with Crippen molar-refractivity contribution in [2.45, 2.75) is 11.4 Å². The summed E-state index contributed by atoms with van der Waals surface area (Å²) >= 11 is 2.98. The van der Waals surface area contributed by atoms with Gasteiger partial charge in [-0.2, -0.15) is 11.3 Å². The second-order valence-electron chi connectivity index (χ2n) is 5.24. The van der Waals surface area contributed by atoms with E-state index in [9.17, 15) is 9.59 Å². The molecule has 1 unspecified atom stereocenters. The van der Waals surface area contributed by atoms with E-state index in [0.717, 1.165) is 16.3 Å². The molecule has 0 radical (unpaired) electrons. The number of thiophene rings is 1. The van der Waals surface area contributed by atoms with E-state index in [1.165, 1.54) is 17.3 Å². The Morgan fingerprint density at radius 1 is 1.30 bits per heavy atom. The highest BCUT2D eigenvalue weighted by molar-refractivity contribution is 8.00. The summed E-state index contributed by atoms with van der Waals surface area (Å²) in [5.41, 5.74) is 7.12. The van der Waals surface area contributed by atoms with Crippen molar-refractivity contribution in [2.75, 3.05) is 24.7 Å². The lowest BCUT2D eigenvalue weighted by Gasteiger charge is -2.14. The first-order valence-corrected chi connectivity index (χ1v) is 9.10. The molecule has 0 aliphatic carbocycles. The molecule has 0 aliphatic rings. The fourth-order valence-electron chi connectivity index (χ4n) is 2.12. The van der Waals surface area contributed by atoms with Crippen molar-refractivity contribution in [2.24, 2.45) is 5.73 Å². The molecule has 1 atom stereocenters. The van der Waals surface area contributed by atoms with Crippen LogP contribution in [0.2, 0.25) is 0 Å². The summed E-state index contributed by atoms with van der Waals surface area (Å²) in [5.74, 6) is -0.239. The molecular weight excluding hydrogens is 330 g/mol. The highest BCUT2D eigenvalue weighted by Crippen LogP contribution is 2.26. The molecule has 2 rings (SSSR count). The summed E-state index contributed by atoms with van der Waals surface area (Å²) in [5, 5.41) is 7.05. The number of carbonyl (C=O) groups excluding carboxylic acids is 2. The second-order valence-corrected chi connectivity index (χ2v) is 7.04. The molecule has 1 heterocycles. The van der Waals surface area contributed by atoms with E-state index in [1.807, 2.05) is 36.7 Å². The summed E-state index contributed by atoms with van der Waals surface area (Å²) in [4.78, 5) is 25.1. The fraction of sp³-hybridized carbons (Fsp3) is 0.250. The molecule has 122 valence electrons. The predicted molar refractivity (Wildman–Crippen MR) is 94.8 cm³/mol. The predicted octanol–water partition coefficient (Wildman–Crippen LogP) is 0.979. The van der Waals surface area contributed by atoms with Crippen LogP contribution in [0.1, 0.15) is 5.56 Å². The Morgan fingerprint density at radius 3 is 2.78 bits per heavy atom. The minimum Gasteiger partial charge on any atom is -0.369 e. The van der Waals surface area contributed by atoms with E-state index in [0.29, 0.717) is 12.2 Å². The van der Waals surface area contributed by atoms with E-state index in [4.69, 9.17) is 5.73 Å². The molecule has 0 spiro atoms. The molecule has 0 fully saturated rings. The van der Waals surface area contributed by atoms with Crippen LogP contribution < -0.4 is 16.0 Å². The van der Waals surface area contributed by atoms with E-state index in [2.05, 4.69) is 16.8 Å². The molecule has 0 bridgehead atoms. The standard InChI is InChI=1S/C16H19N3O2S2/c1-19(8-12-6-7-22-10-12)9-16(21)18-13-4-2-3-5-14(13)23-11-15(17)20/h2-7,10H,8-9,11H2,1H3,(H2,17,20)(H,18,21)/p+1. The summed E-state index contributed by atoms with van der Waals surface area (Å²) < 4.78 is 0. The summed E-state index contributed by atoms with van der Waals surface area (Å²) in [7, 11) is 1.99. The Kier molecular flexibility index (Phi) is 6.64. The maximum Gasteiger partial charge on any atom is 0.279 e. The quantitative estimate of drug-likeness (QED) is 0.621. The number of carbonyl (C=O) groups is 2. The van der Waals surface area contributed by atoms with Gasteiger partial charge in [0.1, 0.15) is 6.54 Å². The number of likely N-dealkylation sites (N-methyl/N-ethyl adjacent to an activating group) is 1. The third-order valence-corrected chi connectivity index (χ3v) is 4.91. The highest BCUT2D eigenvalue weighted by Gasteiger charge is 2.13. The highest BCUT2D eigenvalue weighted by atomic mass is 32.2. The summed E-state index contributed by atoms with van der Waals surface area (Å²) in [6, 6.07) is 9.49. The second kappa shape index (κ2) is 8.71. The van der Waals surface area contributed by atoms with Gasteiger partial charge in [0.25, 0.3) is 5.91 Å². The molecule has 0 saturated heterocycles. The Bertz CT molecular complexity index is 659. The van der Waals surface area contributed by atoms with Gasteiger partial charge >= 0.3 is 0 Å². The number of nitrogens with two attached hydrogens (primary N) is 1. The maximum atomic E-state index is 12.2. The zero-order chi connectivity index (χ0) is 16.7. The van der Waals surface area contributed by atoms with E-state index < -0.39 is 0 Å². The van der Waals surface area contributed by atoms with Crippen LogP contribution in [0.15, 0.2) is 46.0 Å². The third-order valence-electron chi connectivity index (χ3n) is 3.08. The summed E-state index contributed by atoms with van der Waals surface area (Å²) in [6.45, 7) is 1.19. The van der Waals surface area contributed by atoms with Gasteiger partial charge in [-0.3, -0.25) is 9.59 Å². The van der Waals surface area contributed by atoms with Gasteiger partial charge < -0.3 is 16.0 Å². The maximum absolute atomic E-state index is 12.2. The number of primary amides is 1. The van der Waals surface area contributed by atoms with E-state index >= 15 is 0 Å². The molecule has 0 saturated carbocycles. The smallest absolute Gasteiger partial charge is 0.279 e. The Balaban J connectivity index is 1.90. The van der Waals surface area contributed by atoms with Crippen molar-refractivity contribution in [3.63, 3.8) is 0 Å². The molecule has 4 N–H and O–H groups in total. The molecular formula is C16H20N3O2S2+. The molecule has 2 aromatic rings. The third kappa shape index (κ3) is 6.05. The van der Waals surface area contributed by atoms with Crippen molar-refractivity contribution in [1.29, 1.82) is 0 Å². The van der Waals surface area contributed by atoms with Crippen LogP contribution in [-0.2, 0) is 16.1 Å². The van der Waals surface area contributed by atoms with E-state index in [1.54, 1.807) is 11.3 Å². The number of hydrogen-bond acceptors (Lipinski definition) is 4. The van der Waals surface area contributed by atoms with Gasteiger partial charge in [0.15, 0.2) is 6.54 Å². The van der Waals surface area contributed by atoms with Gasteiger partial charge in [-0.05, 0) is 29.0 Å². The molecule has 2 amide bonds. The van der Waals surface area contributed by atoms with E-state index in [-0.39, 0.29) is 17.6 Å². The largest absolute Gasteiger partial charge is 0.369 e. The van der Waals surface area contributed by atoms with Crippen molar-refractivity contribution < 1.29 is 14.5 Å². The minimum absolute atomic E-state index is 0.0511. The number of amides is 2. The van der Waals surface area contributed by atoms with Gasteiger partial charge in [0.2, 0.25) is 5.91 Å². The number of anilines is 1. The van der Waals surface area contributed by atoms with Crippen LogP contribution in [-0.4, -0.2) is 31.2 Å². The average molecular weight is 350 g/mol. The first-order chi connectivity index (χ1) is 11.0. The lowest BCUT2D eigenvalue weighted by atomic mass is 10.3. The van der Waals surface area contributed by atoms with Crippen molar-refractivity contribution in [1.82, 2.24) is 0 Å². The Morgan fingerprint density at radius 2 is 2.09 bits per heavy atom. The van der Waals surface area contributed by atoms with Crippen LogP contribution in [0.3, 0.4) is 0 Å². The molecule has 7 heteroatoms. The monoisotopic (exact) mass is 350 g/mol. The molecule has 0 aliphatic heterocycles. The van der Waals surface area contributed by atoms with Crippen LogP contribution in [0.5, 0.6) is 0 Å². The lowest BCUT2D eigenvalue weighted by Crippen LogP contribution is -3.08. The molecule has 1 aromatic carbocycles. The number of thioether (sulfide) groups is 1. The SMILES string of the molecule is C[NH+](CC(=O)Nc1ccccc1SCC(N)=O)Cc1ccsc1. The van der Waals surface area contributed by atoms with Gasteiger partial charge in [0, 0.05) is 10.5 Å². The number of hydrogen-bond donors (Lipinski definition) is 3. The van der Waals surface area contributed by atoms with Crippen LogP contribution in [0, 0.1) is 0 Å². The number of para-hydroxylation sites is 1. The normalized spacial score (nSPS) is 11.9. The number of benzene rings is 1. The number of rotatable bonds is 8. The summed E-state index contributed by atoms with van der Waals surface area (Å²) in [6.07, 6.45) is 0. The first kappa shape index (κ1) is 17.5. The van der Waals surface area contributed by atoms with Crippen LogP contribution in [0.25, 0.3) is 0 Å². The van der Waals surface area contributed by atoms with Crippen LogP contribution in [0.4, 0.5) is 5.69 Å². The lowest BCUT2D eigenvalue weighted by molar-refractivity contribution is -0.885. The van der Waals surface area contributed by atoms with Crippen molar-refractivity contribution >= 4 is 40.6 Å². The first-order valence-electron chi connectivity index (χ1n) is 7.17. The van der Waals surface area contributed by atoms with Gasteiger partial charge in [-0.1, -0.05) is 12.1 Å². The molecule has 1 aromatic heterocycles. The molecule has 23 heavy (non-hydrogen) atoms. The number of quaternary nitrogens is 1. The molecule has 5 nitrogen and oxygen atoms in total. The Hall–Kier alpha value is -1.83. The zero-order valence-corrected chi connectivity index (χ0v) is 14.5. The van der Waals surface area contributed by atoms with Crippen molar-refractivity contribution in [3.05, 3.63) is 46.7 Å². The van der Waals surface area contributed by atoms with Gasteiger partial charge in [-0.25, -0.2) is 0 Å². The zero-order valence-electron chi connectivity index (χ0n) is 12.9. The Labute approximate surface area is 143 Å². The minimum atomic E-state index is -0.379. The average Bonchev–Trinajstić information content (AvgIpc) is 2.98. The van der Waals surface area contributed by atoms with Gasteiger partial charge in [-0.15, -0.1) is 11.8 Å². The topological polar surface area (TPSA) is 76.6 Å². The van der Waals surface area contributed by atoms with Crippen LogP contribution >= 0.6 is 23.1 Å². The number of nitrogens with one attached hydrogen (secondary N) is 2. The fourth-order valence-corrected chi connectivity index (χ4v) is 3.53. The van der Waals surface area contributed by atoms with Gasteiger partial charge in [0.05, 0.1) is 18.5 Å².